The smallest absolute Gasteiger partial charge is 0.113 e. The van der Waals surface area contributed by atoms with Crippen molar-refractivity contribution in [3.63, 3.8) is 0 Å². The second kappa shape index (κ2) is 8.57. The van der Waals surface area contributed by atoms with Gasteiger partial charge in [-0.25, -0.2) is 0 Å². The molecule has 0 saturated carbocycles. The van der Waals surface area contributed by atoms with Gasteiger partial charge >= 0.3 is 0 Å². The van der Waals surface area contributed by atoms with E-state index in [0.717, 1.165) is 5.82 Å². The highest BCUT2D eigenvalue weighted by Gasteiger charge is 2.00. The Morgan fingerprint density at radius 2 is 2.23 bits per heavy atom. The molecule has 0 saturated heterocycles. The molecule has 1 atom stereocenters. The van der Waals surface area contributed by atoms with Crippen molar-refractivity contribution in [3.05, 3.63) is 11.6 Å². The van der Waals surface area contributed by atoms with Gasteiger partial charge in [0, 0.05) is 0 Å². The first-order valence-electron chi connectivity index (χ1n) is 5.27. The predicted molar refractivity (Wildman–Crippen MR) is 69.0 cm³/mol. The monoisotopic (exact) mass is 196 g/mol. The van der Waals surface area contributed by atoms with Crippen LogP contribution in [0.1, 0.15) is 33.6 Å². The fourth-order valence-electron chi connectivity index (χ4n) is 1.15. The standard InChI is InChI=1S/C11H22BP/c1-5-10(2)6-7-11(3)12-8-9-13-4/h6,9,11-12H,5,7-8H2,1-4H3/b10-6-. The fourth-order valence-corrected chi connectivity index (χ4v) is 1.56. The average molecular weight is 196 g/mol. The van der Waals surface area contributed by atoms with E-state index in [9.17, 15) is 0 Å². The zero-order valence-electron chi connectivity index (χ0n) is 9.51. The van der Waals surface area contributed by atoms with Crippen molar-refractivity contribution >= 4 is 21.3 Å². The molecule has 1 unspecified atom stereocenters. The third-order valence-corrected chi connectivity index (χ3v) is 3.02. The maximum Gasteiger partial charge on any atom is 0.128 e. The van der Waals surface area contributed by atoms with E-state index in [4.69, 9.17) is 0 Å². The van der Waals surface area contributed by atoms with Crippen LogP contribution < -0.4 is 0 Å². The first-order valence-corrected chi connectivity index (χ1v) is 6.68. The molecular weight excluding hydrogens is 174 g/mol. The Hall–Kier alpha value is -0.0251. The lowest BCUT2D eigenvalue weighted by atomic mass is 9.62. The van der Waals surface area contributed by atoms with Crippen molar-refractivity contribution in [2.75, 3.05) is 6.66 Å². The summed E-state index contributed by atoms with van der Waals surface area (Å²) >= 11 is 0. The molecule has 0 radical (unpaired) electrons. The van der Waals surface area contributed by atoms with Crippen molar-refractivity contribution < 1.29 is 0 Å². The van der Waals surface area contributed by atoms with Gasteiger partial charge in [0.1, 0.15) is 7.28 Å². The molecule has 0 aliphatic rings. The van der Waals surface area contributed by atoms with Gasteiger partial charge in [0.15, 0.2) is 0 Å². The van der Waals surface area contributed by atoms with E-state index in [-0.39, 0.29) is 0 Å². The van der Waals surface area contributed by atoms with E-state index in [2.05, 4.69) is 39.3 Å². The van der Waals surface area contributed by atoms with Crippen LogP contribution in [-0.2, 0) is 0 Å². The topological polar surface area (TPSA) is 0 Å². The van der Waals surface area contributed by atoms with Crippen molar-refractivity contribution in [1.29, 1.82) is 0 Å². The third kappa shape index (κ3) is 8.31. The zero-order valence-corrected chi connectivity index (χ0v) is 10.4. The number of hydrogen-bond acceptors (Lipinski definition) is 0. The first kappa shape index (κ1) is 13.0. The van der Waals surface area contributed by atoms with Crippen LogP contribution in [-0.4, -0.2) is 19.7 Å². The normalized spacial score (nSPS) is 14.9. The molecule has 2 heteroatoms. The number of allylic oxidation sites excluding steroid dienone is 2. The lowest BCUT2D eigenvalue weighted by Gasteiger charge is -2.05. The van der Waals surface area contributed by atoms with Crippen LogP contribution in [0.15, 0.2) is 11.6 Å². The zero-order chi connectivity index (χ0) is 10.1. The van der Waals surface area contributed by atoms with E-state index in [0.29, 0.717) is 0 Å². The minimum atomic E-state index is 0.847. The van der Waals surface area contributed by atoms with Crippen LogP contribution in [0.3, 0.4) is 0 Å². The van der Waals surface area contributed by atoms with Gasteiger partial charge in [-0.3, -0.25) is 0 Å². The molecule has 0 rings (SSSR count). The molecule has 0 heterocycles. The molecule has 0 N–H and O–H groups in total. The summed E-state index contributed by atoms with van der Waals surface area (Å²) in [5.74, 6) is 3.20. The molecule has 0 spiro atoms. The molecule has 74 valence electrons. The molecule has 0 aliphatic carbocycles. The largest absolute Gasteiger partial charge is 0.128 e. The van der Waals surface area contributed by atoms with E-state index in [1.165, 1.54) is 40.2 Å². The maximum absolute atomic E-state index is 2.40. The van der Waals surface area contributed by atoms with Crippen LogP contribution in [0.25, 0.3) is 0 Å². The molecule has 0 bridgehead atoms. The average Bonchev–Trinajstić information content (AvgIpc) is 2.14. The van der Waals surface area contributed by atoms with Gasteiger partial charge in [0.25, 0.3) is 0 Å². The van der Waals surface area contributed by atoms with Gasteiger partial charge in [0.05, 0.1) is 0 Å². The quantitative estimate of drug-likeness (QED) is 0.344. The lowest BCUT2D eigenvalue weighted by Crippen LogP contribution is -1.98. The first-order chi connectivity index (χ1) is 6.20. The molecular formula is C11H22BP. The summed E-state index contributed by atoms with van der Waals surface area (Å²) in [5, 5.41) is 0. The Bertz CT molecular complexity index is 173. The highest BCUT2D eigenvalue weighted by molar-refractivity contribution is 7.37. The van der Waals surface area contributed by atoms with Crippen LogP contribution >= 0.6 is 8.20 Å². The Morgan fingerprint density at radius 1 is 1.54 bits per heavy atom. The van der Waals surface area contributed by atoms with Crippen molar-refractivity contribution in [1.82, 2.24) is 0 Å². The summed E-state index contributed by atoms with van der Waals surface area (Å²) in [5.41, 5.74) is 1.53. The Morgan fingerprint density at radius 3 is 2.77 bits per heavy atom. The van der Waals surface area contributed by atoms with Crippen LogP contribution in [0.4, 0.5) is 0 Å². The number of hydrogen-bond donors (Lipinski definition) is 0. The summed E-state index contributed by atoms with van der Waals surface area (Å²) in [4.78, 5) is 0. The van der Waals surface area contributed by atoms with Gasteiger partial charge in [-0.2, -0.15) is 0 Å². The Kier molecular flexibility index (Phi) is 8.55. The summed E-state index contributed by atoms with van der Waals surface area (Å²) in [6.07, 6.45) is 6.13. The fraction of sp³-hybridized carbons (Fsp3) is 0.727. The summed E-state index contributed by atoms with van der Waals surface area (Å²) in [7, 11) is 2.76. The Labute approximate surface area is 85.9 Å². The van der Waals surface area contributed by atoms with Gasteiger partial charge in [-0.05, 0) is 26.4 Å². The molecule has 0 amide bonds. The highest BCUT2D eigenvalue weighted by atomic mass is 31.1. The van der Waals surface area contributed by atoms with Gasteiger partial charge < -0.3 is 0 Å². The number of rotatable bonds is 6. The van der Waals surface area contributed by atoms with E-state index >= 15 is 0 Å². The van der Waals surface area contributed by atoms with E-state index in [1.54, 1.807) is 0 Å². The molecule has 0 fully saturated rings. The van der Waals surface area contributed by atoms with Crippen LogP contribution in [0.2, 0.25) is 12.1 Å². The van der Waals surface area contributed by atoms with Gasteiger partial charge in [0.2, 0.25) is 0 Å². The van der Waals surface area contributed by atoms with Crippen molar-refractivity contribution in [2.45, 2.75) is 45.8 Å². The second-order valence-electron chi connectivity index (χ2n) is 3.76. The highest BCUT2D eigenvalue weighted by Crippen LogP contribution is 2.12. The molecule has 0 aliphatic heterocycles. The second-order valence-corrected chi connectivity index (χ2v) is 4.64. The van der Waals surface area contributed by atoms with Gasteiger partial charge in [-0.1, -0.05) is 43.4 Å². The molecule has 13 heavy (non-hydrogen) atoms. The van der Waals surface area contributed by atoms with Crippen LogP contribution in [0.5, 0.6) is 0 Å². The summed E-state index contributed by atoms with van der Waals surface area (Å²) < 4.78 is 0. The Balaban J connectivity index is 3.56. The minimum absolute atomic E-state index is 0.847. The SMILES string of the molecule is CC/C(C)=C\CC(C)BC/C=P\C. The lowest BCUT2D eigenvalue weighted by molar-refractivity contribution is 0.917. The third-order valence-electron chi connectivity index (χ3n) is 2.40. The maximum atomic E-state index is 2.40. The van der Waals surface area contributed by atoms with Crippen molar-refractivity contribution in [3.8, 4) is 0 Å². The van der Waals surface area contributed by atoms with Crippen molar-refractivity contribution in [2.24, 2.45) is 0 Å². The molecule has 0 nitrogen and oxygen atoms in total. The predicted octanol–water partition coefficient (Wildman–Crippen LogP) is 3.77. The summed E-state index contributed by atoms with van der Waals surface area (Å²) in [6, 6.07) is 0. The minimum Gasteiger partial charge on any atom is -0.113 e. The van der Waals surface area contributed by atoms with E-state index in [1.807, 2.05) is 0 Å². The molecule has 0 aromatic carbocycles. The summed E-state index contributed by atoms with van der Waals surface area (Å²) in [6.45, 7) is 8.98. The molecule has 0 aromatic heterocycles. The van der Waals surface area contributed by atoms with Gasteiger partial charge in [-0.15, -0.1) is 8.20 Å². The van der Waals surface area contributed by atoms with E-state index < -0.39 is 0 Å². The molecule has 0 aromatic rings. The van der Waals surface area contributed by atoms with Crippen LogP contribution in [0, 0.1) is 0 Å².